The van der Waals surface area contributed by atoms with Gasteiger partial charge >= 0.3 is 0 Å². The molecule has 37 nitrogen and oxygen atoms in total. The maximum absolute atomic E-state index is 15.1. The van der Waals surface area contributed by atoms with E-state index < -0.39 is 187 Å². The van der Waals surface area contributed by atoms with Gasteiger partial charge in [0.25, 0.3) is 0 Å². The highest BCUT2D eigenvalue weighted by atomic mass is 32.2. The molecular weight excluding hydrogens is 1510 g/mol. The summed E-state index contributed by atoms with van der Waals surface area (Å²) in [6.07, 6.45) is 5.57. The average molecular weight is 1610 g/mol. The molecule has 3 heterocycles. The number of aromatic hydroxyl groups is 1. The van der Waals surface area contributed by atoms with Gasteiger partial charge in [-0.15, -0.1) is 0 Å². The van der Waals surface area contributed by atoms with Crippen LogP contribution in [0.25, 0.3) is 10.9 Å². The van der Waals surface area contributed by atoms with Gasteiger partial charge in [-0.25, -0.2) is 4.98 Å². The second-order valence-corrected chi connectivity index (χ2v) is 28.5. The summed E-state index contributed by atoms with van der Waals surface area (Å²) >= 11 is 9.95. The van der Waals surface area contributed by atoms with Crippen molar-refractivity contribution >= 4 is 137 Å². The number of fused-ring (bicyclic) bond motifs is 1. The van der Waals surface area contributed by atoms with Crippen molar-refractivity contribution in [1.29, 1.82) is 5.41 Å². The van der Waals surface area contributed by atoms with Crippen LogP contribution in [0, 0.1) is 11.3 Å². The first-order valence-electron chi connectivity index (χ1n) is 36.0. The van der Waals surface area contributed by atoms with Crippen molar-refractivity contribution in [3.63, 3.8) is 0 Å². The van der Waals surface area contributed by atoms with Gasteiger partial charge in [-0.3, -0.25) is 72.5 Å². The average Bonchev–Trinajstić information content (AvgIpc) is 1.67. The molecule has 1 saturated heterocycles. The Labute approximate surface area is 660 Å². The molecule has 0 unspecified atom stereocenters. The molecule has 14 amide bonds. The van der Waals surface area contributed by atoms with E-state index in [0.29, 0.717) is 39.7 Å². The number of carbonyl (C=O) groups excluding carboxylic acids is 14. The number of amides is 14. The van der Waals surface area contributed by atoms with Crippen molar-refractivity contribution in [2.24, 2.45) is 17.4 Å². The first-order chi connectivity index (χ1) is 53.5. The van der Waals surface area contributed by atoms with Crippen LogP contribution in [-0.4, -0.2) is 253 Å². The highest BCUT2D eigenvalue weighted by molar-refractivity contribution is 7.98. The minimum atomic E-state index is -1.77. The fourth-order valence-corrected chi connectivity index (χ4v) is 13.0. The van der Waals surface area contributed by atoms with Crippen molar-refractivity contribution in [3.8, 4) is 5.75 Å². The topological polar surface area (TPSA) is 580 Å². The Hall–Kier alpha value is -11.0. The number of thiol groups is 2. The largest absolute Gasteiger partial charge is 0.508 e. The summed E-state index contributed by atoms with van der Waals surface area (Å²) in [6.45, 7) is 2.05. The van der Waals surface area contributed by atoms with Gasteiger partial charge in [0.05, 0.1) is 26.1 Å². The lowest BCUT2D eigenvalue weighted by atomic mass is 10.0. The number of nitrogens with two attached hydrogens (primary N) is 2. The van der Waals surface area contributed by atoms with Crippen LogP contribution in [-0.2, 0) is 92.8 Å². The Morgan fingerprint density at radius 2 is 1.10 bits per heavy atom. The number of H-pyrrole nitrogens is 2. The lowest BCUT2D eigenvalue weighted by Gasteiger charge is -2.29. The highest BCUT2D eigenvalue weighted by Gasteiger charge is 2.41. The molecule has 608 valence electrons. The molecule has 2 aromatic heterocycles. The van der Waals surface area contributed by atoms with Gasteiger partial charge in [-0.1, -0.05) is 74.5 Å². The third kappa shape index (κ3) is 28.1. The number of rotatable bonds is 45. The molecule has 6 rings (SSSR count). The standard InChI is InChI=1S/C72H100N20O17S3/c1-38(2)59(60(73)98)91-70(108)57-17-11-24-92(57)71(109)56(36-111)82-58(97)32-79-61(99)51(28-42-30-78-46-15-9-8-14-45(42)46)87-62(100)47(16-10-23-77-72(74)75)83-64(102)49(26-40-12-6-5-7-13-40)85-66(104)52(29-43-31-76-37-80-43)88-69(107)55(35-110)90-63(101)48(22-25-112-4)84-68(106)54(34-94)89-65(103)50(27-41-18-20-44(96)21-19-41)86-67(105)53(33-93)81-39(3)95/h5-9,12-15,18-21,30-31,37-38,47-57,59,78,93-94,96,110-111H,10-11,16-17,22-29,32-36H2,1-4H3,(H2,73,98)(H,76,80)(H,79,99)(H,81,95)(H,82,97)(H,83,102)(H,84,106)(H,85,104)(H,86,105)(H,87,100)(H,88,107)(H,89,103)(H,90,101)(H,91,108)(H4,74,75,77)/t47-,48-,49-,50-,51-,52-,53-,54-,55-,56-,57-,59-/m0/s1. The molecule has 1 fully saturated rings. The van der Waals surface area contributed by atoms with Crippen LogP contribution < -0.4 is 80.6 Å². The number of phenolic OH excluding ortho intramolecular Hbond substituents is 1. The fraction of sp³-hybridized carbons (Fsp3) is 0.472. The van der Waals surface area contributed by atoms with Crippen LogP contribution >= 0.6 is 37.0 Å². The number of aliphatic hydroxyl groups is 2. The van der Waals surface area contributed by atoms with Gasteiger partial charge in [0, 0.05) is 86.2 Å². The second-order valence-electron chi connectivity index (χ2n) is 26.8. The van der Waals surface area contributed by atoms with Gasteiger partial charge < -0.3 is 111 Å². The normalized spacial score (nSPS) is 15.4. The van der Waals surface area contributed by atoms with E-state index in [1.165, 1.54) is 53.5 Å². The van der Waals surface area contributed by atoms with Crippen molar-refractivity contribution in [1.82, 2.24) is 89.0 Å². The number of carbonyl (C=O) groups is 14. The van der Waals surface area contributed by atoms with E-state index in [0.717, 1.165) is 6.92 Å². The Kier molecular flexibility index (Phi) is 36.4. The van der Waals surface area contributed by atoms with Crippen molar-refractivity contribution in [3.05, 3.63) is 120 Å². The number of likely N-dealkylation sites (tertiary alicyclic amines) is 1. The van der Waals surface area contributed by atoms with E-state index in [9.17, 15) is 77.6 Å². The Bertz CT molecular complexity index is 4070. The molecule has 0 saturated carbocycles. The predicted octanol–water partition coefficient (Wildman–Crippen LogP) is -4.67. The summed E-state index contributed by atoms with van der Waals surface area (Å²) in [4.78, 5) is 206. The molecule has 0 spiro atoms. The van der Waals surface area contributed by atoms with Gasteiger partial charge in [-0.2, -0.15) is 37.0 Å². The highest BCUT2D eigenvalue weighted by Crippen LogP contribution is 2.22. The predicted molar refractivity (Wildman–Crippen MR) is 419 cm³/mol. The molecule has 0 bridgehead atoms. The molecule has 0 aliphatic carbocycles. The monoisotopic (exact) mass is 1610 g/mol. The molecule has 3 aromatic carbocycles. The minimum Gasteiger partial charge on any atom is -0.508 e. The SMILES string of the molecule is CSCC[C@H](NC(=O)[C@H](CO)NC(=O)[C@H](Cc1ccc(O)cc1)NC(=O)[C@H](CO)NC(C)=O)C(=O)N[C@@H](CS)C(=O)N[C@@H](Cc1cnc[nH]1)C(=O)N[C@@H](Cc1ccccc1)C(=O)N[C@@H](CCCNC(=N)N)C(=O)N[C@@H](Cc1c[nH]c2ccccc12)C(=O)NCC(=O)N[C@@H](CS)C(=O)N1CCC[C@H]1C(=O)N[C@H](C(N)=O)C(C)C. The zero-order valence-electron chi connectivity index (χ0n) is 62.2. The van der Waals surface area contributed by atoms with E-state index in [4.69, 9.17) is 16.9 Å². The van der Waals surface area contributed by atoms with Gasteiger partial charge in [0.2, 0.25) is 82.7 Å². The molecule has 23 N–H and O–H groups in total. The summed E-state index contributed by atoms with van der Waals surface area (Å²) in [5, 5.41) is 71.9. The number of aromatic amines is 2. The molecule has 12 atom stereocenters. The summed E-state index contributed by atoms with van der Waals surface area (Å²) in [5.74, 6) is -13.5. The zero-order valence-corrected chi connectivity index (χ0v) is 64.8. The lowest BCUT2D eigenvalue weighted by molar-refractivity contribution is -0.141. The van der Waals surface area contributed by atoms with Crippen LogP contribution in [0.5, 0.6) is 5.75 Å². The Morgan fingerprint density at radius 3 is 1.64 bits per heavy atom. The van der Waals surface area contributed by atoms with E-state index >= 15 is 4.79 Å². The quantitative estimate of drug-likeness (QED) is 0.00754. The number of nitrogens with one attached hydrogen (secondary N) is 16. The van der Waals surface area contributed by atoms with Crippen LogP contribution in [0.3, 0.4) is 0 Å². The smallest absolute Gasteiger partial charge is 0.246 e. The van der Waals surface area contributed by atoms with E-state index in [2.05, 4.69) is 109 Å². The number of para-hydroxylation sites is 1. The molecule has 5 aromatic rings. The Balaban J connectivity index is 1.21. The number of primary amides is 1. The van der Waals surface area contributed by atoms with Crippen LogP contribution in [0.2, 0.25) is 0 Å². The molecule has 112 heavy (non-hydrogen) atoms. The molecule has 1 aliphatic heterocycles. The van der Waals surface area contributed by atoms with Crippen molar-refractivity contribution < 1.29 is 82.4 Å². The van der Waals surface area contributed by atoms with Gasteiger partial charge in [0.1, 0.15) is 78.3 Å². The Morgan fingerprint density at radius 1 is 0.589 bits per heavy atom. The van der Waals surface area contributed by atoms with Crippen LogP contribution in [0.1, 0.15) is 75.3 Å². The number of benzene rings is 3. The number of phenols is 1. The van der Waals surface area contributed by atoms with Crippen LogP contribution in [0.4, 0.5) is 0 Å². The minimum absolute atomic E-state index is 0.0228. The summed E-state index contributed by atoms with van der Waals surface area (Å²) in [6, 6.07) is 3.88. The van der Waals surface area contributed by atoms with Crippen molar-refractivity contribution in [2.45, 2.75) is 151 Å². The van der Waals surface area contributed by atoms with Crippen molar-refractivity contribution in [2.75, 3.05) is 56.4 Å². The zero-order chi connectivity index (χ0) is 82.1. The first kappa shape index (κ1) is 89.9. The van der Waals surface area contributed by atoms with Gasteiger partial charge in [-0.05, 0) is 84.9 Å². The van der Waals surface area contributed by atoms with E-state index in [1.54, 1.807) is 80.9 Å². The molecule has 1 aliphatic rings. The second kappa shape index (κ2) is 45.4. The number of aliphatic hydroxyl groups excluding tert-OH is 2. The number of aromatic nitrogens is 3. The number of hydrogen-bond donors (Lipinski definition) is 23. The number of nitrogens with zero attached hydrogens (tertiary/aromatic N) is 2. The molecular formula is C72H100N20O17S3. The number of guanidine groups is 1. The summed E-state index contributed by atoms with van der Waals surface area (Å²) in [7, 11) is 0. The summed E-state index contributed by atoms with van der Waals surface area (Å²) < 4.78 is 0. The number of hydrogen-bond acceptors (Lipinski definition) is 22. The maximum Gasteiger partial charge on any atom is 0.246 e. The third-order valence-corrected chi connectivity index (χ3v) is 19.4. The molecule has 0 radical (unpaired) electrons. The fourth-order valence-electron chi connectivity index (χ4n) is 12.0. The number of imidazole rings is 1. The maximum atomic E-state index is 15.1. The van der Waals surface area contributed by atoms with E-state index in [-0.39, 0.29) is 87.6 Å². The van der Waals surface area contributed by atoms with E-state index in [1.807, 2.05) is 0 Å². The lowest BCUT2D eigenvalue weighted by Crippen LogP contribution is -2.61. The molecule has 40 heteroatoms. The van der Waals surface area contributed by atoms with Crippen LogP contribution in [0.15, 0.2) is 97.6 Å². The third-order valence-electron chi connectivity index (χ3n) is 18.0. The van der Waals surface area contributed by atoms with Gasteiger partial charge in [0.15, 0.2) is 5.96 Å². The number of thioether (sulfide) groups is 1. The first-order valence-corrected chi connectivity index (χ1v) is 38.7. The summed E-state index contributed by atoms with van der Waals surface area (Å²) in [5.41, 5.74) is 13.6.